The number of nitrogens with zero attached hydrogens (tertiary/aromatic N) is 2. The summed E-state index contributed by atoms with van der Waals surface area (Å²) in [7, 11) is 0. The van der Waals surface area contributed by atoms with Crippen LogP contribution in [0.15, 0.2) is 23.1 Å². The lowest BCUT2D eigenvalue weighted by molar-refractivity contribution is -0.143. The topological polar surface area (TPSA) is 310 Å². The fourth-order valence-corrected chi connectivity index (χ4v) is 3.23. The number of rotatable bonds is 14. The monoisotopic (exact) mass is 562 g/mol. The van der Waals surface area contributed by atoms with Gasteiger partial charge in [0.05, 0.1) is 23.9 Å². The molecule has 0 fully saturated rings. The van der Waals surface area contributed by atoms with Crippen molar-refractivity contribution in [2.45, 2.75) is 44.2 Å². The molecule has 2 rings (SSSR count). The zero-order chi connectivity index (χ0) is 30.0. The van der Waals surface area contributed by atoms with Crippen LogP contribution in [0.5, 0.6) is 0 Å². The molecule has 0 aliphatic heterocycles. The summed E-state index contributed by atoms with van der Waals surface area (Å²) in [6.07, 6.45) is -1.10. The van der Waals surface area contributed by atoms with E-state index in [1.165, 1.54) is 12.1 Å². The average molecular weight is 562 g/mol. The van der Waals surface area contributed by atoms with Gasteiger partial charge in [-0.05, 0) is 25.0 Å². The Balaban J connectivity index is 1.93. The zero-order valence-corrected chi connectivity index (χ0v) is 20.7. The second-order valence-corrected chi connectivity index (χ2v) is 8.27. The van der Waals surface area contributed by atoms with Crippen molar-refractivity contribution < 1.29 is 44.1 Å². The number of nitrogen functional groups attached to an aromatic ring is 2. The Kier molecular flexibility index (Phi) is 10.6. The number of carboxylic acid groups (broad SMARTS) is 3. The molecule has 3 amide bonds. The summed E-state index contributed by atoms with van der Waals surface area (Å²) >= 11 is 0. The summed E-state index contributed by atoms with van der Waals surface area (Å²) in [5.74, 6) is -7.03. The van der Waals surface area contributed by atoms with Crippen LogP contribution in [-0.2, 0) is 30.4 Å². The van der Waals surface area contributed by atoms with Crippen molar-refractivity contribution in [2.75, 3.05) is 16.8 Å². The number of anilines is 3. The van der Waals surface area contributed by atoms with Crippen molar-refractivity contribution in [3.63, 3.8) is 0 Å². The number of amides is 3. The highest BCUT2D eigenvalue weighted by Gasteiger charge is 2.25. The van der Waals surface area contributed by atoms with Crippen LogP contribution < -0.4 is 33.0 Å². The molecule has 0 spiro atoms. The van der Waals surface area contributed by atoms with E-state index in [1.54, 1.807) is 0 Å². The summed E-state index contributed by atoms with van der Waals surface area (Å²) in [4.78, 5) is 91.8. The molecule has 18 nitrogen and oxygen atoms in total. The van der Waals surface area contributed by atoms with Gasteiger partial charge >= 0.3 is 17.9 Å². The number of aliphatic carboxylic acids is 3. The highest BCUT2D eigenvalue weighted by atomic mass is 16.4. The van der Waals surface area contributed by atoms with Gasteiger partial charge in [0.15, 0.2) is 0 Å². The number of carbonyl (C=O) groups is 6. The fraction of sp³-hybridized carbons (Fsp3) is 0.318. The molecule has 0 unspecified atom stereocenters. The molecule has 0 radical (unpaired) electrons. The first kappa shape index (κ1) is 30.7. The maximum atomic E-state index is 12.5. The number of hydrogen-bond acceptors (Lipinski definition) is 11. The number of pyridine rings is 1. The Morgan fingerprint density at radius 3 is 2.08 bits per heavy atom. The predicted octanol–water partition coefficient (Wildman–Crippen LogP) is -2.09. The van der Waals surface area contributed by atoms with Crippen LogP contribution in [0.4, 0.5) is 17.5 Å². The zero-order valence-electron chi connectivity index (χ0n) is 20.7. The first-order valence-corrected chi connectivity index (χ1v) is 11.4. The van der Waals surface area contributed by atoms with Crippen molar-refractivity contribution in [1.29, 1.82) is 0 Å². The van der Waals surface area contributed by atoms with E-state index in [1.807, 2.05) is 0 Å². The standard InChI is InChI=1S/C22H26N8O10/c23-17-10(18(35)30-22(24)29-17)7-15(32)26-9-1-2-11(25-8-9)19(36)28-13(21(39)40)3-5-14(31)27-12(20(37)38)4-6-16(33)34/h1-2,8,12-13H,3-7H2,(H,26,32)(H,27,31)(H,28,36)(H,33,34)(H,37,38)(H,39,40)(H5,23,24,29,30,35)/t12-,13-/m0/s1. The van der Waals surface area contributed by atoms with Gasteiger partial charge in [0.2, 0.25) is 17.8 Å². The highest BCUT2D eigenvalue weighted by molar-refractivity contribution is 5.96. The molecule has 18 heteroatoms. The largest absolute Gasteiger partial charge is 0.481 e. The number of aromatic amines is 1. The normalized spacial score (nSPS) is 12.0. The molecule has 2 aromatic rings. The molecule has 0 aliphatic rings. The van der Waals surface area contributed by atoms with Crippen LogP contribution in [0.2, 0.25) is 0 Å². The number of aromatic nitrogens is 3. The maximum absolute atomic E-state index is 12.5. The first-order valence-electron chi connectivity index (χ1n) is 11.4. The third-order valence-corrected chi connectivity index (χ3v) is 5.23. The van der Waals surface area contributed by atoms with Crippen LogP contribution in [-0.4, -0.2) is 78.0 Å². The Labute approximate surface area is 224 Å². The lowest BCUT2D eigenvalue weighted by Gasteiger charge is -2.16. The van der Waals surface area contributed by atoms with E-state index >= 15 is 0 Å². The molecule has 214 valence electrons. The van der Waals surface area contributed by atoms with Crippen LogP contribution in [0.3, 0.4) is 0 Å². The third kappa shape index (κ3) is 9.39. The fourth-order valence-electron chi connectivity index (χ4n) is 3.23. The van der Waals surface area contributed by atoms with Gasteiger partial charge in [0.1, 0.15) is 23.6 Å². The summed E-state index contributed by atoms with van der Waals surface area (Å²) in [5.41, 5.74) is 10.1. The second kappa shape index (κ2) is 13.8. The molecule has 0 saturated carbocycles. The van der Waals surface area contributed by atoms with E-state index in [0.29, 0.717) is 0 Å². The molecule has 2 atom stereocenters. The molecule has 11 N–H and O–H groups in total. The molecule has 0 saturated heterocycles. The lowest BCUT2D eigenvalue weighted by atomic mass is 10.1. The van der Waals surface area contributed by atoms with Gasteiger partial charge in [-0.15, -0.1) is 0 Å². The molecule has 2 heterocycles. The number of carboxylic acids is 3. The molecule has 0 bridgehead atoms. The summed E-state index contributed by atoms with van der Waals surface area (Å²) in [5, 5.41) is 33.9. The van der Waals surface area contributed by atoms with E-state index in [0.717, 1.165) is 6.20 Å². The van der Waals surface area contributed by atoms with Crippen LogP contribution in [0, 0.1) is 0 Å². The molecule has 0 aromatic carbocycles. The van der Waals surface area contributed by atoms with E-state index in [-0.39, 0.29) is 35.1 Å². The quantitative estimate of drug-likeness (QED) is 0.119. The van der Waals surface area contributed by atoms with Gasteiger partial charge in [-0.2, -0.15) is 4.98 Å². The smallest absolute Gasteiger partial charge is 0.326 e. The van der Waals surface area contributed by atoms with Crippen molar-refractivity contribution in [1.82, 2.24) is 25.6 Å². The van der Waals surface area contributed by atoms with E-state index < -0.39 is 79.0 Å². The Morgan fingerprint density at radius 2 is 1.52 bits per heavy atom. The van der Waals surface area contributed by atoms with Gasteiger partial charge in [0, 0.05) is 12.8 Å². The van der Waals surface area contributed by atoms with Crippen LogP contribution in [0.1, 0.15) is 41.7 Å². The Morgan fingerprint density at radius 1 is 0.900 bits per heavy atom. The number of H-pyrrole nitrogens is 1. The molecular formula is C22H26N8O10. The maximum Gasteiger partial charge on any atom is 0.326 e. The van der Waals surface area contributed by atoms with Gasteiger partial charge < -0.3 is 42.7 Å². The Hall–Kier alpha value is -5.55. The minimum Gasteiger partial charge on any atom is -0.481 e. The lowest BCUT2D eigenvalue weighted by Crippen LogP contribution is -2.44. The SMILES string of the molecule is Nc1nc(N)c(CC(=O)Nc2ccc(C(=O)N[C@@H](CCC(=O)N[C@@H](CCC(=O)O)C(=O)O)C(=O)O)nc2)c(=O)[nH]1. The van der Waals surface area contributed by atoms with Gasteiger partial charge in [-0.1, -0.05) is 0 Å². The highest BCUT2D eigenvalue weighted by Crippen LogP contribution is 2.10. The van der Waals surface area contributed by atoms with Crippen molar-refractivity contribution >= 4 is 53.1 Å². The van der Waals surface area contributed by atoms with Gasteiger partial charge in [-0.3, -0.25) is 29.0 Å². The van der Waals surface area contributed by atoms with Gasteiger partial charge in [0.25, 0.3) is 11.5 Å². The van der Waals surface area contributed by atoms with E-state index in [9.17, 15) is 38.7 Å². The van der Waals surface area contributed by atoms with Crippen molar-refractivity contribution in [2.24, 2.45) is 0 Å². The van der Waals surface area contributed by atoms with Crippen LogP contribution in [0.25, 0.3) is 0 Å². The second-order valence-electron chi connectivity index (χ2n) is 8.27. The van der Waals surface area contributed by atoms with Gasteiger partial charge in [-0.25, -0.2) is 14.6 Å². The number of nitrogens with one attached hydrogen (secondary N) is 4. The molecular weight excluding hydrogens is 536 g/mol. The summed E-state index contributed by atoms with van der Waals surface area (Å²) in [6, 6.07) is -0.548. The molecule has 40 heavy (non-hydrogen) atoms. The van der Waals surface area contributed by atoms with E-state index in [2.05, 4.69) is 30.9 Å². The number of carbonyl (C=O) groups excluding carboxylic acids is 3. The Bertz CT molecular complexity index is 1360. The minimum absolute atomic E-state index is 0.109. The van der Waals surface area contributed by atoms with Crippen LogP contribution >= 0.6 is 0 Å². The number of hydrogen-bond donors (Lipinski definition) is 9. The van der Waals surface area contributed by atoms with Crippen molar-refractivity contribution in [3.05, 3.63) is 39.9 Å². The predicted molar refractivity (Wildman–Crippen MR) is 135 cm³/mol. The molecule has 0 aliphatic carbocycles. The molecule has 2 aromatic heterocycles. The summed E-state index contributed by atoms with van der Waals surface area (Å²) in [6.45, 7) is 0. The van der Waals surface area contributed by atoms with E-state index in [4.69, 9.17) is 21.7 Å². The third-order valence-electron chi connectivity index (χ3n) is 5.23. The minimum atomic E-state index is -1.54. The average Bonchev–Trinajstić information content (AvgIpc) is 2.86. The van der Waals surface area contributed by atoms with Crippen molar-refractivity contribution in [3.8, 4) is 0 Å². The first-order chi connectivity index (χ1) is 18.8. The summed E-state index contributed by atoms with van der Waals surface area (Å²) < 4.78 is 0. The number of nitrogens with two attached hydrogens (primary N) is 2.